The standard InChI is InChI=1S/C11H15ClN2/c1-9-7-13-11(12)8-14(9)10-5-3-2-4-6-10/h2-6,9,11,13H,7-8H2,1H3. The smallest absolute Gasteiger partial charge is 0.100 e. The molecule has 1 fully saturated rings. The first-order valence-electron chi connectivity index (χ1n) is 4.96. The Bertz CT molecular complexity index is 289. The number of benzene rings is 1. The van der Waals surface area contributed by atoms with Crippen molar-refractivity contribution in [3.63, 3.8) is 0 Å². The summed E-state index contributed by atoms with van der Waals surface area (Å²) in [6, 6.07) is 10.9. The molecule has 0 aliphatic carbocycles. The van der Waals surface area contributed by atoms with E-state index in [1.165, 1.54) is 5.69 Å². The van der Waals surface area contributed by atoms with Crippen LogP contribution in [0.3, 0.4) is 0 Å². The Labute approximate surface area is 89.9 Å². The zero-order valence-corrected chi connectivity index (χ0v) is 9.04. The average Bonchev–Trinajstić information content (AvgIpc) is 2.23. The van der Waals surface area contributed by atoms with E-state index < -0.39 is 0 Å². The van der Waals surface area contributed by atoms with Gasteiger partial charge in [-0.1, -0.05) is 18.2 Å². The highest BCUT2D eigenvalue weighted by molar-refractivity contribution is 6.20. The molecule has 76 valence electrons. The number of halogens is 1. The molecule has 1 heterocycles. The third-order valence-corrected chi connectivity index (χ3v) is 2.90. The van der Waals surface area contributed by atoms with E-state index >= 15 is 0 Å². The minimum atomic E-state index is 0.0615. The highest BCUT2D eigenvalue weighted by Gasteiger charge is 2.23. The lowest BCUT2D eigenvalue weighted by Gasteiger charge is -2.38. The van der Waals surface area contributed by atoms with Crippen molar-refractivity contribution in [1.29, 1.82) is 0 Å². The molecule has 2 rings (SSSR count). The molecule has 1 aromatic rings. The second-order valence-corrected chi connectivity index (χ2v) is 4.24. The number of nitrogens with one attached hydrogen (secondary N) is 1. The van der Waals surface area contributed by atoms with Gasteiger partial charge in [0.25, 0.3) is 0 Å². The van der Waals surface area contributed by atoms with Gasteiger partial charge >= 0.3 is 0 Å². The van der Waals surface area contributed by atoms with E-state index in [4.69, 9.17) is 11.6 Å². The number of hydrogen-bond donors (Lipinski definition) is 1. The molecule has 2 atom stereocenters. The summed E-state index contributed by atoms with van der Waals surface area (Å²) in [5.74, 6) is 0. The van der Waals surface area contributed by atoms with E-state index in [1.807, 2.05) is 6.07 Å². The predicted molar refractivity (Wildman–Crippen MR) is 60.9 cm³/mol. The summed E-state index contributed by atoms with van der Waals surface area (Å²) < 4.78 is 0. The third kappa shape index (κ3) is 2.02. The fourth-order valence-corrected chi connectivity index (χ4v) is 2.04. The molecular formula is C11H15ClN2. The Morgan fingerprint density at radius 2 is 2.07 bits per heavy atom. The van der Waals surface area contributed by atoms with Crippen molar-refractivity contribution in [2.24, 2.45) is 0 Å². The molecule has 1 aliphatic rings. The van der Waals surface area contributed by atoms with Gasteiger partial charge in [0.1, 0.15) is 5.50 Å². The van der Waals surface area contributed by atoms with Crippen LogP contribution in [0.4, 0.5) is 5.69 Å². The first-order chi connectivity index (χ1) is 6.77. The second kappa shape index (κ2) is 4.20. The quantitative estimate of drug-likeness (QED) is 0.564. The lowest BCUT2D eigenvalue weighted by atomic mass is 10.2. The minimum absolute atomic E-state index is 0.0615. The zero-order chi connectivity index (χ0) is 9.97. The average molecular weight is 211 g/mol. The topological polar surface area (TPSA) is 15.3 Å². The van der Waals surface area contributed by atoms with Gasteiger partial charge in [-0.15, -0.1) is 11.6 Å². The second-order valence-electron chi connectivity index (χ2n) is 3.71. The van der Waals surface area contributed by atoms with Gasteiger partial charge in [0.2, 0.25) is 0 Å². The van der Waals surface area contributed by atoms with Crippen molar-refractivity contribution < 1.29 is 0 Å². The molecule has 1 saturated heterocycles. The molecule has 0 bridgehead atoms. The fraction of sp³-hybridized carbons (Fsp3) is 0.455. The maximum atomic E-state index is 6.07. The number of alkyl halides is 1. The van der Waals surface area contributed by atoms with Gasteiger partial charge in [0, 0.05) is 24.8 Å². The van der Waals surface area contributed by atoms with Crippen molar-refractivity contribution in [3.8, 4) is 0 Å². The van der Waals surface area contributed by atoms with Gasteiger partial charge in [-0.05, 0) is 19.1 Å². The Morgan fingerprint density at radius 3 is 2.79 bits per heavy atom. The molecule has 2 unspecified atom stereocenters. The van der Waals surface area contributed by atoms with Crippen LogP contribution in [-0.4, -0.2) is 24.6 Å². The maximum Gasteiger partial charge on any atom is 0.100 e. The lowest BCUT2D eigenvalue weighted by Crippen LogP contribution is -2.53. The number of piperazine rings is 1. The van der Waals surface area contributed by atoms with Crippen LogP contribution in [0.15, 0.2) is 30.3 Å². The van der Waals surface area contributed by atoms with Crippen LogP contribution < -0.4 is 10.2 Å². The van der Waals surface area contributed by atoms with Crippen LogP contribution in [-0.2, 0) is 0 Å². The molecule has 0 saturated carbocycles. The van der Waals surface area contributed by atoms with Crippen LogP contribution >= 0.6 is 11.6 Å². The largest absolute Gasteiger partial charge is 0.365 e. The van der Waals surface area contributed by atoms with Gasteiger partial charge in [-0.2, -0.15) is 0 Å². The van der Waals surface area contributed by atoms with Crippen molar-refractivity contribution in [2.45, 2.75) is 18.5 Å². The first-order valence-corrected chi connectivity index (χ1v) is 5.40. The number of para-hydroxylation sites is 1. The highest BCUT2D eigenvalue weighted by Crippen LogP contribution is 2.19. The molecule has 0 radical (unpaired) electrons. The van der Waals surface area contributed by atoms with Crippen molar-refractivity contribution in [1.82, 2.24) is 5.32 Å². The van der Waals surface area contributed by atoms with Crippen molar-refractivity contribution in [2.75, 3.05) is 18.0 Å². The summed E-state index contributed by atoms with van der Waals surface area (Å²) in [5.41, 5.74) is 1.32. The summed E-state index contributed by atoms with van der Waals surface area (Å²) in [6.07, 6.45) is 0. The Kier molecular flexibility index (Phi) is 2.94. The first kappa shape index (κ1) is 9.81. The third-order valence-electron chi connectivity index (χ3n) is 2.61. The Balaban J connectivity index is 2.16. The van der Waals surface area contributed by atoms with Gasteiger partial charge in [-0.25, -0.2) is 0 Å². The normalized spacial score (nSPS) is 27.7. The number of anilines is 1. The summed E-state index contributed by atoms with van der Waals surface area (Å²) >= 11 is 6.07. The Morgan fingerprint density at radius 1 is 1.36 bits per heavy atom. The summed E-state index contributed by atoms with van der Waals surface area (Å²) in [7, 11) is 0. The molecule has 0 spiro atoms. The lowest BCUT2D eigenvalue weighted by molar-refractivity contribution is 0.474. The predicted octanol–water partition coefficient (Wildman–Crippen LogP) is 2.05. The highest BCUT2D eigenvalue weighted by atomic mass is 35.5. The van der Waals surface area contributed by atoms with Crippen molar-refractivity contribution in [3.05, 3.63) is 30.3 Å². The molecule has 0 amide bonds. The minimum Gasteiger partial charge on any atom is -0.365 e. The summed E-state index contributed by atoms with van der Waals surface area (Å²) in [5, 5.41) is 3.26. The van der Waals surface area contributed by atoms with Gasteiger partial charge in [0.15, 0.2) is 0 Å². The van der Waals surface area contributed by atoms with E-state index in [0.717, 1.165) is 13.1 Å². The SMILES string of the molecule is CC1CNC(Cl)CN1c1ccccc1. The monoisotopic (exact) mass is 210 g/mol. The number of rotatable bonds is 1. The van der Waals surface area contributed by atoms with E-state index in [1.54, 1.807) is 0 Å². The molecule has 14 heavy (non-hydrogen) atoms. The number of nitrogens with zero attached hydrogens (tertiary/aromatic N) is 1. The molecule has 1 aliphatic heterocycles. The van der Waals surface area contributed by atoms with E-state index in [2.05, 4.69) is 41.4 Å². The van der Waals surface area contributed by atoms with E-state index in [0.29, 0.717) is 6.04 Å². The maximum absolute atomic E-state index is 6.07. The molecule has 2 nitrogen and oxygen atoms in total. The fourth-order valence-electron chi connectivity index (χ4n) is 1.81. The van der Waals surface area contributed by atoms with E-state index in [-0.39, 0.29) is 5.50 Å². The van der Waals surface area contributed by atoms with Gasteiger partial charge in [0.05, 0.1) is 0 Å². The molecule has 0 aromatic heterocycles. The van der Waals surface area contributed by atoms with Crippen LogP contribution in [0, 0.1) is 0 Å². The van der Waals surface area contributed by atoms with Crippen molar-refractivity contribution >= 4 is 17.3 Å². The van der Waals surface area contributed by atoms with E-state index in [9.17, 15) is 0 Å². The van der Waals surface area contributed by atoms with Crippen LogP contribution in [0.25, 0.3) is 0 Å². The summed E-state index contributed by atoms with van der Waals surface area (Å²) in [6.45, 7) is 4.03. The summed E-state index contributed by atoms with van der Waals surface area (Å²) in [4.78, 5) is 2.34. The molecule has 1 aromatic carbocycles. The van der Waals surface area contributed by atoms with Gasteiger partial charge < -0.3 is 4.90 Å². The number of hydrogen-bond acceptors (Lipinski definition) is 2. The zero-order valence-electron chi connectivity index (χ0n) is 8.28. The molecule has 1 N–H and O–H groups in total. The Hall–Kier alpha value is -0.730. The van der Waals surface area contributed by atoms with Crippen LogP contribution in [0.1, 0.15) is 6.92 Å². The molecular weight excluding hydrogens is 196 g/mol. The van der Waals surface area contributed by atoms with Crippen LogP contribution in [0.2, 0.25) is 0 Å². The van der Waals surface area contributed by atoms with Gasteiger partial charge in [-0.3, -0.25) is 5.32 Å². The molecule has 3 heteroatoms. The van der Waals surface area contributed by atoms with Crippen LogP contribution in [0.5, 0.6) is 0 Å².